The van der Waals surface area contributed by atoms with Gasteiger partial charge in [-0.05, 0) is 69.9 Å². The Morgan fingerprint density at radius 3 is 2.29 bits per heavy atom. The fourth-order valence-corrected chi connectivity index (χ4v) is 4.07. The van der Waals surface area contributed by atoms with E-state index in [2.05, 4.69) is 0 Å². The molecule has 1 heterocycles. The first-order chi connectivity index (χ1) is 16.3. The highest BCUT2D eigenvalue weighted by molar-refractivity contribution is 6.46. The van der Waals surface area contributed by atoms with Gasteiger partial charge in [0.25, 0.3) is 11.7 Å². The first-order valence-electron chi connectivity index (χ1n) is 11.2. The Balaban J connectivity index is 2.10. The van der Waals surface area contributed by atoms with Crippen LogP contribution in [-0.2, 0) is 9.59 Å². The lowest BCUT2D eigenvalue weighted by atomic mass is 9.95. The number of ketones is 1. The summed E-state index contributed by atoms with van der Waals surface area (Å²) in [5, 5.41) is 11.2. The molecule has 1 amide bonds. The summed E-state index contributed by atoms with van der Waals surface area (Å²) in [4.78, 5) is 29.8. The highest BCUT2D eigenvalue weighted by atomic mass is 16.5. The minimum absolute atomic E-state index is 0.0474. The van der Waals surface area contributed by atoms with Crippen molar-refractivity contribution >= 4 is 17.4 Å². The Morgan fingerprint density at radius 2 is 1.71 bits per heavy atom. The molecule has 1 saturated heterocycles. The number of amides is 1. The van der Waals surface area contributed by atoms with Crippen LogP contribution in [0.4, 0.5) is 0 Å². The molecule has 1 unspecified atom stereocenters. The summed E-state index contributed by atoms with van der Waals surface area (Å²) in [6.45, 7) is 3.57. The van der Waals surface area contributed by atoms with Gasteiger partial charge in [-0.2, -0.15) is 0 Å². The van der Waals surface area contributed by atoms with Gasteiger partial charge in [0, 0.05) is 12.1 Å². The maximum atomic E-state index is 13.2. The lowest BCUT2D eigenvalue weighted by Crippen LogP contribution is -2.32. The number of likely N-dealkylation sites (tertiary alicyclic amines) is 1. The van der Waals surface area contributed by atoms with E-state index in [0.717, 1.165) is 12.1 Å². The number of ether oxygens (including phenoxy) is 3. The molecule has 2 aromatic rings. The molecule has 8 heteroatoms. The molecule has 0 spiro atoms. The standard InChI is InChI=1S/C26H32N2O6/c1-6-34-19-11-8-17(9-12-19)23-22(25(30)26(31)28(23)15-7-14-27(2)3)24(29)18-10-13-20(32-4)21(16-18)33-5/h8-13,16,23,29H,6-7,14-15H2,1-5H3/b24-22-. The van der Waals surface area contributed by atoms with Crippen molar-refractivity contribution in [3.8, 4) is 17.2 Å². The van der Waals surface area contributed by atoms with Crippen molar-refractivity contribution in [3.63, 3.8) is 0 Å². The number of aliphatic hydroxyl groups is 1. The third-order valence-corrected chi connectivity index (χ3v) is 5.71. The molecule has 3 rings (SSSR count). The van der Waals surface area contributed by atoms with Crippen molar-refractivity contribution in [1.82, 2.24) is 9.80 Å². The quantitative estimate of drug-likeness (QED) is 0.324. The average Bonchev–Trinajstić information content (AvgIpc) is 3.08. The number of methoxy groups -OCH3 is 2. The topological polar surface area (TPSA) is 88.5 Å². The van der Waals surface area contributed by atoms with Crippen LogP contribution in [0.3, 0.4) is 0 Å². The van der Waals surface area contributed by atoms with Gasteiger partial charge < -0.3 is 29.1 Å². The molecule has 0 aliphatic carbocycles. The number of Topliss-reactive ketones (excluding diaryl/α,β-unsaturated/α-hetero) is 1. The van der Waals surface area contributed by atoms with E-state index in [-0.39, 0.29) is 11.3 Å². The largest absolute Gasteiger partial charge is 0.507 e. The molecule has 0 saturated carbocycles. The molecule has 2 aromatic carbocycles. The minimum Gasteiger partial charge on any atom is -0.507 e. The van der Waals surface area contributed by atoms with Gasteiger partial charge in [0.15, 0.2) is 11.5 Å². The number of aliphatic hydroxyl groups excluding tert-OH is 1. The SMILES string of the molecule is CCOc1ccc(C2/C(=C(/O)c3ccc(OC)c(OC)c3)C(=O)C(=O)N2CCCN(C)C)cc1. The molecule has 1 N–H and O–H groups in total. The Hall–Kier alpha value is -3.52. The first kappa shape index (κ1) is 25.1. The number of hydrogen-bond acceptors (Lipinski definition) is 7. The van der Waals surface area contributed by atoms with Crippen molar-refractivity contribution in [2.75, 3.05) is 48.0 Å². The van der Waals surface area contributed by atoms with Gasteiger partial charge in [-0.1, -0.05) is 12.1 Å². The summed E-state index contributed by atoms with van der Waals surface area (Å²) in [6, 6.07) is 11.4. The Labute approximate surface area is 200 Å². The number of carbonyl (C=O) groups is 2. The van der Waals surface area contributed by atoms with Crippen LogP contribution >= 0.6 is 0 Å². The van der Waals surface area contributed by atoms with E-state index in [1.54, 1.807) is 30.3 Å². The Bertz CT molecular complexity index is 1060. The van der Waals surface area contributed by atoms with Crippen molar-refractivity contribution in [3.05, 3.63) is 59.2 Å². The summed E-state index contributed by atoms with van der Waals surface area (Å²) in [7, 11) is 6.91. The maximum absolute atomic E-state index is 13.2. The summed E-state index contributed by atoms with van der Waals surface area (Å²) < 4.78 is 16.1. The van der Waals surface area contributed by atoms with E-state index in [4.69, 9.17) is 14.2 Å². The van der Waals surface area contributed by atoms with Crippen LogP contribution in [0.1, 0.15) is 30.5 Å². The molecule has 1 fully saturated rings. The normalized spacial score (nSPS) is 17.4. The van der Waals surface area contributed by atoms with Gasteiger partial charge in [-0.25, -0.2) is 0 Å². The second kappa shape index (κ2) is 11.1. The monoisotopic (exact) mass is 468 g/mol. The van der Waals surface area contributed by atoms with Gasteiger partial charge >= 0.3 is 0 Å². The minimum atomic E-state index is -0.717. The van der Waals surface area contributed by atoms with Crippen LogP contribution < -0.4 is 14.2 Å². The fourth-order valence-electron chi connectivity index (χ4n) is 4.07. The summed E-state index contributed by atoms with van der Waals surface area (Å²) in [5.41, 5.74) is 1.13. The molecule has 0 aromatic heterocycles. The van der Waals surface area contributed by atoms with Gasteiger partial charge in [0.05, 0.1) is 32.4 Å². The number of nitrogens with zero attached hydrogens (tertiary/aromatic N) is 2. The van der Waals surface area contributed by atoms with Crippen LogP contribution in [0.15, 0.2) is 48.0 Å². The van der Waals surface area contributed by atoms with Crippen LogP contribution in [0.25, 0.3) is 5.76 Å². The lowest BCUT2D eigenvalue weighted by Gasteiger charge is -2.26. The lowest BCUT2D eigenvalue weighted by molar-refractivity contribution is -0.139. The molecule has 0 bridgehead atoms. The zero-order valence-electron chi connectivity index (χ0n) is 20.3. The average molecular weight is 469 g/mol. The molecule has 8 nitrogen and oxygen atoms in total. The third-order valence-electron chi connectivity index (χ3n) is 5.71. The molecule has 182 valence electrons. The smallest absolute Gasteiger partial charge is 0.295 e. The Kier molecular flexibility index (Phi) is 8.17. The van der Waals surface area contributed by atoms with Crippen molar-refractivity contribution in [2.45, 2.75) is 19.4 Å². The number of rotatable bonds is 10. The predicted molar refractivity (Wildman–Crippen MR) is 129 cm³/mol. The predicted octanol–water partition coefficient (Wildman–Crippen LogP) is 3.48. The van der Waals surface area contributed by atoms with Gasteiger partial charge in [-0.15, -0.1) is 0 Å². The van der Waals surface area contributed by atoms with Crippen LogP contribution in [0.5, 0.6) is 17.2 Å². The molecule has 1 atom stereocenters. The number of benzene rings is 2. The van der Waals surface area contributed by atoms with E-state index in [1.165, 1.54) is 19.1 Å². The second-order valence-corrected chi connectivity index (χ2v) is 8.22. The van der Waals surface area contributed by atoms with Crippen LogP contribution in [0, 0.1) is 0 Å². The van der Waals surface area contributed by atoms with Crippen molar-refractivity contribution < 1.29 is 28.9 Å². The summed E-state index contributed by atoms with van der Waals surface area (Å²) in [5.74, 6) is -0.00434. The molecule has 34 heavy (non-hydrogen) atoms. The van der Waals surface area contributed by atoms with Gasteiger partial charge in [-0.3, -0.25) is 9.59 Å². The number of carbonyl (C=O) groups excluding carboxylic acids is 2. The van der Waals surface area contributed by atoms with E-state index >= 15 is 0 Å². The highest BCUT2D eigenvalue weighted by Crippen LogP contribution is 2.41. The summed E-state index contributed by atoms with van der Waals surface area (Å²) in [6.07, 6.45) is 0.684. The van der Waals surface area contributed by atoms with Crippen molar-refractivity contribution in [2.24, 2.45) is 0 Å². The molecule has 1 aliphatic heterocycles. The zero-order chi connectivity index (χ0) is 24.8. The van der Waals surface area contributed by atoms with Crippen LogP contribution in [0.2, 0.25) is 0 Å². The molecular weight excluding hydrogens is 436 g/mol. The van der Waals surface area contributed by atoms with Gasteiger partial charge in [0.1, 0.15) is 11.5 Å². The Morgan fingerprint density at radius 1 is 1.03 bits per heavy atom. The fraction of sp³-hybridized carbons (Fsp3) is 0.385. The van der Waals surface area contributed by atoms with Crippen LogP contribution in [-0.4, -0.2) is 74.6 Å². The van der Waals surface area contributed by atoms with Gasteiger partial charge in [0.2, 0.25) is 0 Å². The van der Waals surface area contributed by atoms with E-state index < -0.39 is 17.7 Å². The molecule has 1 aliphatic rings. The third kappa shape index (κ3) is 5.17. The van der Waals surface area contributed by atoms with E-state index in [0.29, 0.717) is 42.4 Å². The van der Waals surface area contributed by atoms with E-state index in [1.807, 2.05) is 38.1 Å². The summed E-state index contributed by atoms with van der Waals surface area (Å²) >= 11 is 0. The molecule has 0 radical (unpaired) electrons. The molecular formula is C26H32N2O6. The first-order valence-corrected chi connectivity index (χ1v) is 11.2. The van der Waals surface area contributed by atoms with E-state index in [9.17, 15) is 14.7 Å². The number of hydrogen-bond donors (Lipinski definition) is 1. The van der Waals surface area contributed by atoms with Crippen molar-refractivity contribution in [1.29, 1.82) is 0 Å². The maximum Gasteiger partial charge on any atom is 0.295 e. The zero-order valence-corrected chi connectivity index (χ0v) is 20.3. The highest BCUT2D eigenvalue weighted by Gasteiger charge is 2.45. The second-order valence-electron chi connectivity index (χ2n) is 8.22.